The van der Waals surface area contributed by atoms with Gasteiger partial charge in [0, 0.05) is 23.2 Å². The van der Waals surface area contributed by atoms with Crippen LogP contribution < -0.4 is 9.47 Å². The standard InChI is InChI=1S/C21H23N4S/c1-15-14-24(3)20(26-15)23-22-19-17-12-8-9-13-18(17)25(4)21(19,2)16-10-6-5-7-11-16/h5-14,19H,1-4H3/q+1. The molecule has 0 radical (unpaired) electrons. The van der Waals surface area contributed by atoms with Crippen molar-refractivity contribution in [2.24, 2.45) is 17.3 Å². The second-order valence-corrected chi connectivity index (χ2v) is 8.20. The molecular weight excluding hydrogens is 340 g/mol. The molecule has 1 aliphatic rings. The van der Waals surface area contributed by atoms with E-state index in [1.807, 2.05) is 11.6 Å². The third-order valence-electron chi connectivity index (χ3n) is 5.37. The number of azo groups is 1. The maximum absolute atomic E-state index is 4.86. The normalized spacial score (nSPS) is 22.2. The number of fused-ring (bicyclic) bond motifs is 1. The SMILES string of the molecule is Cc1c[n+](C)c(N=NC2c3ccccc3N(C)C2(C)c2ccccc2)s1. The van der Waals surface area contributed by atoms with E-state index < -0.39 is 0 Å². The number of anilines is 1. The van der Waals surface area contributed by atoms with Gasteiger partial charge in [0.15, 0.2) is 0 Å². The number of aromatic nitrogens is 1. The second kappa shape index (κ2) is 6.32. The number of aryl methyl sites for hydroxylation is 2. The molecule has 2 unspecified atom stereocenters. The van der Waals surface area contributed by atoms with E-state index in [0.717, 1.165) is 5.13 Å². The van der Waals surface area contributed by atoms with Crippen LogP contribution in [0.4, 0.5) is 10.8 Å². The summed E-state index contributed by atoms with van der Waals surface area (Å²) >= 11 is 1.66. The summed E-state index contributed by atoms with van der Waals surface area (Å²) in [7, 11) is 4.17. The number of rotatable bonds is 3. The smallest absolute Gasteiger partial charge is 0.362 e. The van der Waals surface area contributed by atoms with Crippen LogP contribution in [0.2, 0.25) is 0 Å². The van der Waals surface area contributed by atoms with E-state index in [1.165, 1.54) is 21.7 Å². The number of hydrogen-bond donors (Lipinski definition) is 0. The van der Waals surface area contributed by atoms with Crippen LogP contribution in [0, 0.1) is 6.92 Å². The van der Waals surface area contributed by atoms with E-state index in [2.05, 4.69) is 91.7 Å². The fraction of sp³-hybridized carbons (Fsp3) is 0.286. The lowest BCUT2D eigenvalue weighted by molar-refractivity contribution is -0.654. The minimum Gasteiger partial charge on any atom is -0.362 e. The van der Waals surface area contributed by atoms with Gasteiger partial charge >= 0.3 is 5.13 Å². The molecule has 0 saturated heterocycles. The summed E-state index contributed by atoms with van der Waals surface area (Å²) in [4.78, 5) is 3.57. The highest BCUT2D eigenvalue weighted by molar-refractivity contribution is 7.14. The first-order chi connectivity index (χ1) is 12.5. The molecule has 26 heavy (non-hydrogen) atoms. The molecule has 1 aromatic heterocycles. The molecule has 0 fully saturated rings. The first kappa shape index (κ1) is 16.9. The predicted octanol–water partition coefficient (Wildman–Crippen LogP) is 5.07. The van der Waals surface area contributed by atoms with Gasteiger partial charge < -0.3 is 4.90 Å². The fourth-order valence-electron chi connectivity index (χ4n) is 3.83. The van der Waals surface area contributed by atoms with Crippen molar-refractivity contribution in [3.8, 4) is 0 Å². The van der Waals surface area contributed by atoms with Crippen molar-refractivity contribution < 1.29 is 4.57 Å². The molecule has 2 heterocycles. The van der Waals surface area contributed by atoms with Gasteiger partial charge in [-0.2, -0.15) is 0 Å². The Hall–Kier alpha value is -2.53. The van der Waals surface area contributed by atoms with Gasteiger partial charge in [-0.15, -0.1) is 0 Å². The average molecular weight is 364 g/mol. The topological polar surface area (TPSA) is 31.8 Å². The summed E-state index contributed by atoms with van der Waals surface area (Å²) in [5, 5.41) is 10.4. The van der Waals surface area contributed by atoms with Gasteiger partial charge in [-0.3, -0.25) is 0 Å². The van der Waals surface area contributed by atoms with Crippen LogP contribution >= 0.6 is 11.3 Å². The van der Waals surface area contributed by atoms with E-state index >= 15 is 0 Å². The lowest BCUT2D eigenvalue weighted by Gasteiger charge is -2.36. The van der Waals surface area contributed by atoms with Crippen LogP contribution in [-0.4, -0.2) is 7.05 Å². The first-order valence-corrected chi connectivity index (χ1v) is 9.58. The zero-order chi connectivity index (χ0) is 18.3. The quantitative estimate of drug-likeness (QED) is 0.472. The molecule has 5 heteroatoms. The van der Waals surface area contributed by atoms with Crippen molar-refractivity contribution in [1.29, 1.82) is 0 Å². The third-order valence-corrected chi connectivity index (χ3v) is 6.35. The molecule has 0 aliphatic carbocycles. The maximum Gasteiger partial charge on any atom is 0.408 e. The predicted molar refractivity (Wildman–Crippen MR) is 106 cm³/mol. The Morgan fingerprint density at radius 2 is 1.77 bits per heavy atom. The van der Waals surface area contributed by atoms with Gasteiger partial charge in [0.05, 0.1) is 17.7 Å². The molecular formula is C21H23N4S+. The molecule has 1 aliphatic heterocycles. The highest BCUT2D eigenvalue weighted by atomic mass is 32.1. The van der Waals surface area contributed by atoms with Crippen LogP contribution in [0.25, 0.3) is 0 Å². The minimum atomic E-state index is -0.278. The van der Waals surface area contributed by atoms with E-state index in [-0.39, 0.29) is 11.6 Å². The monoisotopic (exact) mass is 363 g/mol. The van der Waals surface area contributed by atoms with Gasteiger partial charge in [-0.1, -0.05) is 53.6 Å². The molecule has 132 valence electrons. The third kappa shape index (κ3) is 2.54. The van der Waals surface area contributed by atoms with Gasteiger partial charge in [0.2, 0.25) is 0 Å². The van der Waals surface area contributed by atoms with E-state index in [1.54, 1.807) is 11.3 Å². The summed E-state index contributed by atoms with van der Waals surface area (Å²) < 4.78 is 2.04. The van der Waals surface area contributed by atoms with Crippen LogP contribution in [0.15, 0.2) is 71.0 Å². The summed E-state index contributed by atoms with van der Waals surface area (Å²) in [6.45, 7) is 4.35. The molecule has 0 amide bonds. The first-order valence-electron chi connectivity index (χ1n) is 8.77. The number of hydrogen-bond acceptors (Lipinski definition) is 4. The van der Waals surface area contributed by atoms with Crippen LogP contribution in [0.5, 0.6) is 0 Å². The molecule has 4 rings (SSSR count). The summed E-state index contributed by atoms with van der Waals surface area (Å²) in [6, 6.07) is 19.0. The zero-order valence-electron chi connectivity index (χ0n) is 15.5. The molecule has 0 N–H and O–H groups in total. The minimum absolute atomic E-state index is 0.0616. The molecule has 2 atom stereocenters. The molecule has 2 aromatic carbocycles. The molecule has 0 saturated carbocycles. The maximum atomic E-state index is 4.86. The Morgan fingerprint density at radius 1 is 1.08 bits per heavy atom. The highest BCUT2D eigenvalue weighted by Gasteiger charge is 2.49. The zero-order valence-corrected chi connectivity index (χ0v) is 16.4. The molecule has 4 nitrogen and oxygen atoms in total. The van der Waals surface area contributed by atoms with E-state index in [0.29, 0.717) is 0 Å². The van der Waals surface area contributed by atoms with Crippen molar-refractivity contribution in [3.63, 3.8) is 0 Å². The van der Waals surface area contributed by atoms with Crippen molar-refractivity contribution in [2.45, 2.75) is 25.4 Å². The van der Waals surface area contributed by atoms with Crippen molar-refractivity contribution in [2.75, 3.05) is 11.9 Å². The van der Waals surface area contributed by atoms with E-state index in [4.69, 9.17) is 5.11 Å². The lowest BCUT2D eigenvalue weighted by atomic mass is 9.84. The Morgan fingerprint density at radius 3 is 2.46 bits per heavy atom. The lowest BCUT2D eigenvalue weighted by Crippen LogP contribution is -2.40. The van der Waals surface area contributed by atoms with Crippen LogP contribution in [-0.2, 0) is 12.6 Å². The van der Waals surface area contributed by atoms with Crippen molar-refractivity contribution >= 4 is 22.2 Å². The number of benzene rings is 2. The number of likely N-dealkylation sites (N-methyl/N-ethyl adjacent to an activating group) is 1. The number of nitrogens with zero attached hydrogens (tertiary/aromatic N) is 4. The second-order valence-electron chi connectivity index (χ2n) is 6.98. The van der Waals surface area contributed by atoms with Gasteiger partial charge in [0.1, 0.15) is 12.2 Å². The van der Waals surface area contributed by atoms with Crippen LogP contribution in [0.1, 0.15) is 29.0 Å². The highest BCUT2D eigenvalue weighted by Crippen LogP contribution is 2.53. The summed E-state index contributed by atoms with van der Waals surface area (Å²) in [5.41, 5.74) is 3.41. The van der Waals surface area contributed by atoms with Crippen molar-refractivity contribution in [1.82, 2.24) is 0 Å². The van der Waals surface area contributed by atoms with Crippen LogP contribution in [0.3, 0.4) is 0 Å². The molecule has 3 aromatic rings. The largest absolute Gasteiger partial charge is 0.408 e. The fourth-order valence-corrected chi connectivity index (χ4v) is 4.61. The van der Waals surface area contributed by atoms with Gasteiger partial charge in [0.25, 0.3) is 0 Å². The number of para-hydroxylation sites is 1. The van der Waals surface area contributed by atoms with E-state index in [9.17, 15) is 0 Å². The van der Waals surface area contributed by atoms with Crippen molar-refractivity contribution in [3.05, 3.63) is 76.8 Å². The molecule has 0 spiro atoms. The van der Waals surface area contributed by atoms with Gasteiger partial charge in [-0.25, -0.2) is 4.57 Å². The summed E-state index contributed by atoms with van der Waals surface area (Å²) in [6.07, 6.45) is 2.09. The number of thiazole rings is 1. The Bertz CT molecular complexity index is 963. The Balaban J connectivity index is 1.84. The summed E-state index contributed by atoms with van der Waals surface area (Å²) in [5.74, 6) is 0. The molecule has 0 bridgehead atoms. The average Bonchev–Trinajstić information content (AvgIpc) is 3.09. The van der Waals surface area contributed by atoms with Gasteiger partial charge in [-0.05, 0) is 36.8 Å². The Kier molecular flexibility index (Phi) is 4.11. The Labute approximate surface area is 158 Å².